The highest BCUT2D eigenvalue weighted by molar-refractivity contribution is 9.10. The van der Waals surface area contributed by atoms with Crippen molar-refractivity contribution in [2.75, 3.05) is 32.7 Å². The minimum Gasteiger partial charge on any atom is -0.299 e. The van der Waals surface area contributed by atoms with Crippen LogP contribution < -0.4 is 0 Å². The average Bonchev–Trinajstić information content (AvgIpc) is 2.48. The number of rotatable bonds is 3. The van der Waals surface area contributed by atoms with Crippen LogP contribution in [0.1, 0.15) is 5.56 Å². The molecule has 3 saturated heterocycles. The number of fused-ring (bicyclic) bond motifs is 3. The van der Waals surface area contributed by atoms with Gasteiger partial charge in [-0.25, -0.2) is 8.78 Å². The van der Waals surface area contributed by atoms with Gasteiger partial charge in [0.25, 0.3) is 0 Å². The molecule has 0 aliphatic carbocycles. The van der Waals surface area contributed by atoms with Crippen LogP contribution in [-0.4, -0.2) is 54.3 Å². The number of hydrogen-bond acceptors (Lipinski definition) is 3. The van der Waals surface area contributed by atoms with E-state index in [9.17, 15) is 13.6 Å². The van der Waals surface area contributed by atoms with E-state index in [1.165, 1.54) is 12.1 Å². The Labute approximate surface area is 124 Å². The van der Waals surface area contributed by atoms with Gasteiger partial charge in [-0.2, -0.15) is 0 Å². The van der Waals surface area contributed by atoms with Crippen molar-refractivity contribution < 1.29 is 13.6 Å². The van der Waals surface area contributed by atoms with Crippen LogP contribution in [0.5, 0.6) is 0 Å². The number of piperazine rings is 3. The van der Waals surface area contributed by atoms with E-state index in [4.69, 9.17) is 0 Å². The van der Waals surface area contributed by atoms with Gasteiger partial charge in [0, 0.05) is 44.7 Å². The molecule has 20 heavy (non-hydrogen) atoms. The summed E-state index contributed by atoms with van der Waals surface area (Å²) in [6.07, 6.45) is -0.188. The molecule has 1 aromatic carbocycles. The zero-order valence-electron chi connectivity index (χ0n) is 10.9. The minimum atomic E-state index is -0.672. The molecular weight excluding hydrogens is 330 g/mol. The molecule has 3 aliphatic heterocycles. The molecule has 3 fully saturated rings. The van der Waals surface area contributed by atoms with Gasteiger partial charge in [-0.3, -0.25) is 14.6 Å². The van der Waals surface area contributed by atoms with E-state index < -0.39 is 11.6 Å². The Morgan fingerprint density at radius 3 is 2.55 bits per heavy atom. The van der Waals surface area contributed by atoms with Gasteiger partial charge in [0.2, 0.25) is 0 Å². The van der Waals surface area contributed by atoms with Crippen molar-refractivity contribution >= 4 is 21.7 Å². The first-order chi connectivity index (χ1) is 9.56. The lowest BCUT2D eigenvalue weighted by Crippen LogP contribution is -2.63. The van der Waals surface area contributed by atoms with Crippen LogP contribution in [0, 0.1) is 11.6 Å². The second-order valence-electron chi connectivity index (χ2n) is 5.32. The molecule has 0 radical (unpaired) electrons. The first kappa shape index (κ1) is 14.1. The van der Waals surface area contributed by atoms with Crippen LogP contribution >= 0.6 is 15.9 Å². The Bertz CT molecular complexity index is 544. The number of ketones is 1. The molecule has 0 N–H and O–H groups in total. The summed E-state index contributed by atoms with van der Waals surface area (Å²) < 4.78 is 27.8. The molecule has 1 unspecified atom stereocenters. The first-order valence-corrected chi connectivity index (χ1v) is 7.47. The van der Waals surface area contributed by atoms with Crippen molar-refractivity contribution in [3.05, 3.63) is 33.8 Å². The molecule has 0 aromatic heterocycles. The summed E-state index contributed by atoms with van der Waals surface area (Å²) in [5.74, 6) is -1.43. The number of halogens is 3. The van der Waals surface area contributed by atoms with Crippen molar-refractivity contribution in [3.8, 4) is 0 Å². The minimum absolute atomic E-state index is 0.106. The predicted octanol–water partition coefficient (Wildman–Crippen LogP) is 1.84. The fourth-order valence-corrected chi connectivity index (χ4v) is 3.32. The van der Waals surface area contributed by atoms with Crippen LogP contribution in [0.3, 0.4) is 0 Å². The summed E-state index contributed by atoms with van der Waals surface area (Å²) in [5.41, 5.74) is -0.137. The number of Topliss-reactive ketones (excluding diaryl/α,β-unsaturated/α-hetero) is 1. The molecule has 3 nitrogen and oxygen atoms in total. The van der Waals surface area contributed by atoms with Crippen molar-refractivity contribution in [1.82, 2.24) is 9.80 Å². The Kier molecular flexibility index (Phi) is 3.88. The Morgan fingerprint density at radius 1 is 1.25 bits per heavy atom. The van der Waals surface area contributed by atoms with E-state index in [1.54, 1.807) is 0 Å². The van der Waals surface area contributed by atoms with E-state index in [0.29, 0.717) is 6.54 Å². The summed E-state index contributed by atoms with van der Waals surface area (Å²) in [5, 5.41) is 0. The second kappa shape index (κ2) is 5.50. The Hall–Kier alpha value is -0.850. The maximum Gasteiger partial charge on any atom is 0.155 e. The van der Waals surface area contributed by atoms with E-state index in [-0.39, 0.29) is 28.3 Å². The number of hydrogen-bond donors (Lipinski definition) is 0. The fourth-order valence-electron chi connectivity index (χ4n) is 2.95. The molecule has 1 atom stereocenters. The van der Waals surface area contributed by atoms with E-state index in [0.717, 1.165) is 26.2 Å². The van der Waals surface area contributed by atoms with Gasteiger partial charge in [0.05, 0.1) is 10.5 Å². The summed E-state index contributed by atoms with van der Waals surface area (Å²) in [4.78, 5) is 16.7. The summed E-state index contributed by atoms with van der Waals surface area (Å²) >= 11 is 3.03. The molecule has 0 spiro atoms. The molecule has 0 saturated carbocycles. The number of nitrogens with zero attached hydrogens (tertiary/aromatic N) is 2. The third-order valence-corrected chi connectivity index (χ3v) is 4.75. The molecular formula is C14H15BrF2N2O. The standard InChI is InChI=1S/C14H15BrF2N2O/c15-10-1-2-11(16)9(14(10)17)7-13(20)12-8-18-3-5-19(12)6-4-18/h1-2,12H,3-8H2. The molecule has 108 valence electrons. The maximum atomic E-state index is 13.9. The highest BCUT2D eigenvalue weighted by atomic mass is 79.9. The van der Waals surface area contributed by atoms with Gasteiger partial charge in [-0.15, -0.1) is 0 Å². The lowest BCUT2D eigenvalue weighted by atomic mass is 9.98. The van der Waals surface area contributed by atoms with E-state index in [1.807, 2.05) is 0 Å². The zero-order valence-corrected chi connectivity index (χ0v) is 12.5. The summed E-state index contributed by atoms with van der Waals surface area (Å²) in [7, 11) is 0. The third-order valence-electron chi connectivity index (χ3n) is 4.14. The van der Waals surface area contributed by atoms with E-state index >= 15 is 0 Å². The lowest BCUT2D eigenvalue weighted by Gasteiger charge is -2.46. The van der Waals surface area contributed by atoms with Gasteiger partial charge < -0.3 is 0 Å². The molecule has 4 rings (SSSR count). The number of carbonyl (C=O) groups excluding carboxylic acids is 1. The van der Waals surface area contributed by atoms with Crippen LogP contribution in [0.2, 0.25) is 0 Å². The molecule has 1 aromatic rings. The van der Waals surface area contributed by atoms with Crippen molar-refractivity contribution in [2.24, 2.45) is 0 Å². The molecule has 0 amide bonds. The van der Waals surface area contributed by atoms with Gasteiger partial charge in [0.15, 0.2) is 5.78 Å². The molecule has 3 heterocycles. The number of benzene rings is 1. The van der Waals surface area contributed by atoms with E-state index in [2.05, 4.69) is 25.7 Å². The van der Waals surface area contributed by atoms with Crippen LogP contribution in [0.25, 0.3) is 0 Å². The molecule has 3 aliphatic rings. The van der Waals surface area contributed by atoms with Crippen molar-refractivity contribution in [2.45, 2.75) is 12.5 Å². The van der Waals surface area contributed by atoms with Crippen molar-refractivity contribution in [3.63, 3.8) is 0 Å². The normalized spacial score (nSPS) is 28.6. The van der Waals surface area contributed by atoms with Gasteiger partial charge >= 0.3 is 0 Å². The Morgan fingerprint density at radius 2 is 1.95 bits per heavy atom. The quantitative estimate of drug-likeness (QED) is 0.781. The summed E-state index contributed by atoms with van der Waals surface area (Å²) in [6.45, 7) is 4.35. The highest BCUT2D eigenvalue weighted by Gasteiger charge is 2.36. The highest BCUT2D eigenvalue weighted by Crippen LogP contribution is 2.24. The first-order valence-electron chi connectivity index (χ1n) is 6.68. The average molecular weight is 345 g/mol. The maximum absolute atomic E-state index is 13.9. The SMILES string of the molecule is O=C(Cc1c(F)ccc(Br)c1F)C1CN2CCN1CC2. The van der Waals surface area contributed by atoms with Crippen LogP contribution in [0.4, 0.5) is 8.78 Å². The van der Waals surface area contributed by atoms with Gasteiger partial charge in [-0.05, 0) is 28.1 Å². The lowest BCUT2D eigenvalue weighted by molar-refractivity contribution is -0.128. The topological polar surface area (TPSA) is 23.6 Å². The van der Waals surface area contributed by atoms with Gasteiger partial charge in [0.1, 0.15) is 11.6 Å². The monoisotopic (exact) mass is 344 g/mol. The van der Waals surface area contributed by atoms with Gasteiger partial charge in [-0.1, -0.05) is 0 Å². The smallest absolute Gasteiger partial charge is 0.155 e. The molecule has 6 heteroatoms. The third kappa shape index (κ3) is 2.52. The summed E-state index contributed by atoms with van der Waals surface area (Å²) in [6, 6.07) is 2.28. The fraction of sp³-hybridized carbons (Fsp3) is 0.500. The predicted molar refractivity (Wildman–Crippen MR) is 74.6 cm³/mol. The zero-order chi connectivity index (χ0) is 14.3. The number of carbonyl (C=O) groups is 1. The largest absolute Gasteiger partial charge is 0.299 e. The van der Waals surface area contributed by atoms with Crippen LogP contribution in [-0.2, 0) is 11.2 Å². The molecule has 2 bridgehead atoms. The van der Waals surface area contributed by atoms with Crippen molar-refractivity contribution in [1.29, 1.82) is 0 Å². The second-order valence-corrected chi connectivity index (χ2v) is 6.17. The van der Waals surface area contributed by atoms with Crippen LogP contribution in [0.15, 0.2) is 16.6 Å². The Balaban J connectivity index is 1.78.